The number of allylic oxidation sites excluding steroid dienone is 2. The lowest BCUT2D eigenvalue weighted by Crippen LogP contribution is -2.21. The van der Waals surface area contributed by atoms with Gasteiger partial charge in [0.2, 0.25) is 0 Å². The van der Waals surface area contributed by atoms with Crippen molar-refractivity contribution in [2.45, 2.75) is 72.4 Å². The minimum Gasteiger partial charge on any atom is -0.247 e. The van der Waals surface area contributed by atoms with Crippen LogP contribution in [0.2, 0.25) is 0 Å². The lowest BCUT2D eigenvalue weighted by Gasteiger charge is -2.29. The van der Waals surface area contributed by atoms with Crippen LogP contribution in [0.4, 0.5) is 4.39 Å². The molecule has 0 saturated heterocycles. The second kappa shape index (κ2) is 5.84. The van der Waals surface area contributed by atoms with Crippen molar-refractivity contribution in [1.82, 2.24) is 0 Å². The summed E-state index contributed by atoms with van der Waals surface area (Å²) in [4.78, 5) is 0. The molecule has 0 bridgehead atoms. The summed E-state index contributed by atoms with van der Waals surface area (Å²) in [6, 6.07) is 0. The largest absolute Gasteiger partial charge is 0.247 e. The molecule has 0 saturated carbocycles. The fourth-order valence-electron chi connectivity index (χ4n) is 2.99. The van der Waals surface area contributed by atoms with E-state index < -0.39 is 6.17 Å². The highest BCUT2D eigenvalue weighted by molar-refractivity contribution is 5.18. The van der Waals surface area contributed by atoms with Crippen molar-refractivity contribution >= 4 is 0 Å². The van der Waals surface area contributed by atoms with E-state index in [-0.39, 0.29) is 5.41 Å². The van der Waals surface area contributed by atoms with Gasteiger partial charge in [0.25, 0.3) is 0 Å². The lowest BCUT2D eigenvalue weighted by atomic mass is 9.76. The molecular formula is C15H27F. The van der Waals surface area contributed by atoms with Gasteiger partial charge in [0.05, 0.1) is 0 Å². The third-order valence-corrected chi connectivity index (χ3v) is 4.12. The zero-order valence-electron chi connectivity index (χ0n) is 11.4. The molecule has 1 rings (SSSR count). The number of alkyl halides is 1. The fourth-order valence-corrected chi connectivity index (χ4v) is 2.99. The normalized spacial score (nSPS) is 31.6. The average molecular weight is 226 g/mol. The molecule has 0 heterocycles. The van der Waals surface area contributed by atoms with E-state index in [1.54, 1.807) is 0 Å². The molecule has 94 valence electrons. The van der Waals surface area contributed by atoms with Crippen molar-refractivity contribution in [2.24, 2.45) is 11.3 Å². The van der Waals surface area contributed by atoms with Crippen LogP contribution in [0.1, 0.15) is 66.2 Å². The molecule has 0 fully saturated rings. The van der Waals surface area contributed by atoms with Gasteiger partial charge in [0.15, 0.2) is 0 Å². The standard InChI is InChI=1S/C15H27F/c1-5-7-8-15(11-14(16)6-2)9-12(3)13(4)10-15/h9,13-14H,5-8,10-11H2,1-4H3/t13-,14+,15-/m0/s1. The Morgan fingerprint density at radius 2 is 2.19 bits per heavy atom. The molecule has 0 aromatic carbocycles. The highest BCUT2D eigenvalue weighted by Crippen LogP contribution is 2.47. The van der Waals surface area contributed by atoms with Gasteiger partial charge in [-0.25, -0.2) is 4.39 Å². The van der Waals surface area contributed by atoms with Crippen molar-refractivity contribution in [2.75, 3.05) is 0 Å². The minimum atomic E-state index is -0.619. The number of rotatable bonds is 6. The predicted molar refractivity (Wildman–Crippen MR) is 69.3 cm³/mol. The van der Waals surface area contributed by atoms with Crippen LogP contribution in [0.15, 0.2) is 11.6 Å². The highest BCUT2D eigenvalue weighted by Gasteiger charge is 2.36. The average Bonchev–Trinajstić information content (AvgIpc) is 2.52. The Kier molecular flexibility index (Phi) is 5.01. The van der Waals surface area contributed by atoms with Gasteiger partial charge in [0, 0.05) is 0 Å². The minimum absolute atomic E-state index is 0.176. The van der Waals surface area contributed by atoms with Crippen LogP contribution in [0.5, 0.6) is 0 Å². The van der Waals surface area contributed by atoms with Crippen LogP contribution in [-0.4, -0.2) is 6.17 Å². The van der Waals surface area contributed by atoms with Crippen LogP contribution in [0.3, 0.4) is 0 Å². The smallest absolute Gasteiger partial charge is 0.101 e. The van der Waals surface area contributed by atoms with Gasteiger partial charge in [0.1, 0.15) is 6.17 Å². The van der Waals surface area contributed by atoms with Crippen LogP contribution in [-0.2, 0) is 0 Å². The van der Waals surface area contributed by atoms with E-state index in [9.17, 15) is 4.39 Å². The molecule has 3 atom stereocenters. The summed E-state index contributed by atoms with van der Waals surface area (Å²) in [6.07, 6.45) is 7.95. The van der Waals surface area contributed by atoms with E-state index in [2.05, 4.69) is 26.8 Å². The molecule has 1 heteroatoms. The van der Waals surface area contributed by atoms with Gasteiger partial charge >= 0.3 is 0 Å². The van der Waals surface area contributed by atoms with E-state index in [4.69, 9.17) is 0 Å². The number of halogens is 1. The first kappa shape index (κ1) is 13.7. The van der Waals surface area contributed by atoms with Crippen LogP contribution >= 0.6 is 0 Å². The Bertz CT molecular complexity index is 244. The summed E-state index contributed by atoms with van der Waals surface area (Å²) in [5.41, 5.74) is 1.65. The van der Waals surface area contributed by atoms with Crippen LogP contribution in [0, 0.1) is 11.3 Å². The monoisotopic (exact) mass is 226 g/mol. The van der Waals surface area contributed by atoms with Crippen molar-refractivity contribution in [3.05, 3.63) is 11.6 Å². The molecule has 0 aromatic rings. The maximum Gasteiger partial charge on any atom is 0.101 e. The molecule has 0 amide bonds. The molecule has 0 aromatic heterocycles. The van der Waals surface area contributed by atoms with E-state index >= 15 is 0 Å². The Labute approximate surface area is 100 Å². The molecule has 0 nitrogen and oxygen atoms in total. The quantitative estimate of drug-likeness (QED) is 0.540. The molecule has 0 aliphatic heterocycles. The molecule has 1 aliphatic rings. The molecule has 0 N–H and O–H groups in total. The first-order valence-corrected chi connectivity index (χ1v) is 6.86. The Balaban J connectivity index is 2.70. The summed E-state index contributed by atoms with van der Waals surface area (Å²) in [5, 5.41) is 0. The topological polar surface area (TPSA) is 0 Å². The third kappa shape index (κ3) is 3.33. The summed E-state index contributed by atoms with van der Waals surface area (Å²) in [6.45, 7) is 8.65. The van der Waals surface area contributed by atoms with Crippen LogP contribution < -0.4 is 0 Å². The zero-order valence-corrected chi connectivity index (χ0v) is 11.4. The molecule has 0 spiro atoms. The second-order valence-corrected chi connectivity index (χ2v) is 5.67. The summed E-state index contributed by atoms with van der Waals surface area (Å²) in [7, 11) is 0. The van der Waals surface area contributed by atoms with E-state index in [0.717, 1.165) is 6.42 Å². The number of unbranched alkanes of at least 4 members (excludes halogenated alkanes) is 1. The van der Waals surface area contributed by atoms with Crippen molar-refractivity contribution < 1.29 is 4.39 Å². The van der Waals surface area contributed by atoms with Gasteiger partial charge in [-0.2, -0.15) is 0 Å². The fraction of sp³-hybridized carbons (Fsp3) is 0.867. The molecule has 0 unspecified atom stereocenters. The Morgan fingerprint density at radius 1 is 1.50 bits per heavy atom. The van der Waals surface area contributed by atoms with Gasteiger partial charge < -0.3 is 0 Å². The zero-order chi connectivity index (χ0) is 12.2. The molecule has 0 radical (unpaired) electrons. The van der Waals surface area contributed by atoms with E-state index in [1.165, 1.54) is 31.3 Å². The van der Waals surface area contributed by atoms with Gasteiger partial charge in [-0.05, 0) is 43.9 Å². The Hall–Kier alpha value is -0.330. The Morgan fingerprint density at radius 3 is 2.62 bits per heavy atom. The highest BCUT2D eigenvalue weighted by atomic mass is 19.1. The van der Waals surface area contributed by atoms with E-state index in [1.807, 2.05) is 6.92 Å². The number of hydrogen-bond donors (Lipinski definition) is 0. The summed E-state index contributed by atoms with van der Waals surface area (Å²) >= 11 is 0. The van der Waals surface area contributed by atoms with Crippen molar-refractivity contribution in [3.63, 3.8) is 0 Å². The molecule has 1 aliphatic carbocycles. The van der Waals surface area contributed by atoms with Gasteiger partial charge in [-0.3, -0.25) is 0 Å². The SMILES string of the molecule is CCCC[C@]1(C[C@H](F)CC)C=C(C)[C@@H](C)C1. The second-order valence-electron chi connectivity index (χ2n) is 5.67. The predicted octanol–water partition coefficient (Wildman–Crippen LogP) is 5.29. The van der Waals surface area contributed by atoms with Crippen molar-refractivity contribution in [1.29, 1.82) is 0 Å². The number of hydrogen-bond acceptors (Lipinski definition) is 0. The summed E-state index contributed by atoms with van der Waals surface area (Å²) < 4.78 is 13.7. The summed E-state index contributed by atoms with van der Waals surface area (Å²) in [5.74, 6) is 0.654. The maximum atomic E-state index is 13.7. The molecular weight excluding hydrogens is 199 g/mol. The van der Waals surface area contributed by atoms with E-state index in [0.29, 0.717) is 12.3 Å². The third-order valence-electron chi connectivity index (χ3n) is 4.12. The van der Waals surface area contributed by atoms with Crippen molar-refractivity contribution in [3.8, 4) is 0 Å². The lowest BCUT2D eigenvalue weighted by molar-refractivity contribution is 0.188. The van der Waals surface area contributed by atoms with Crippen LogP contribution in [0.25, 0.3) is 0 Å². The molecule has 16 heavy (non-hydrogen) atoms. The van der Waals surface area contributed by atoms with Gasteiger partial charge in [-0.1, -0.05) is 45.3 Å². The first-order valence-electron chi connectivity index (χ1n) is 6.86. The van der Waals surface area contributed by atoms with Gasteiger partial charge in [-0.15, -0.1) is 0 Å². The first-order chi connectivity index (χ1) is 7.53. The maximum absolute atomic E-state index is 13.7.